The molecule has 44 heavy (non-hydrogen) atoms. The zero-order valence-corrected chi connectivity index (χ0v) is 24.5. The van der Waals surface area contributed by atoms with Crippen LogP contribution < -0.4 is 20.4 Å². The number of nitrogens with zero attached hydrogens (tertiary/aromatic N) is 1. The molecule has 232 valence electrons. The molecule has 3 aromatic carbocycles. The Kier molecular flexibility index (Phi) is 11.3. The number of hydrogen-bond donors (Lipinski definition) is 6. The summed E-state index contributed by atoms with van der Waals surface area (Å²) in [7, 11) is 0. The van der Waals surface area contributed by atoms with Crippen LogP contribution in [0.2, 0.25) is 0 Å². The largest absolute Gasteiger partial charge is 0.466 e. The van der Waals surface area contributed by atoms with Crippen molar-refractivity contribution in [1.82, 2.24) is 15.9 Å². The summed E-state index contributed by atoms with van der Waals surface area (Å²) < 4.78 is 17.1. The molecule has 0 bridgehead atoms. The standard InChI is InChI=1S/C32H37N5O7/c1-2-42-29(38)5-3-4-21-14-16-37(17-15-21)32(39)24-18-27(43-25-10-6-22(7-11-25)30(33)35-40)20-28(19-24)44-26-12-8-23(9-13-26)31(34)36-41/h6-13,18-21,40-41H,2-5,14-17H2,1H3,(H2,33,35)(H2,34,36). The fourth-order valence-electron chi connectivity index (χ4n) is 4.97. The van der Waals surface area contributed by atoms with Crippen LogP contribution >= 0.6 is 0 Å². The van der Waals surface area contributed by atoms with Crippen LogP contribution in [0.4, 0.5) is 0 Å². The lowest BCUT2D eigenvalue weighted by Crippen LogP contribution is -2.38. The van der Waals surface area contributed by atoms with Crippen LogP contribution in [0.15, 0.2) is 66.7 Å². The Morgan fingerprint density at radius 1 is 0.795 bits per heavy atom. The predicted molar refractivity (Wildman–Crippen MR) is 162 cm³/mol. The molecule has 12 nitrogen and oxygen atoms in total. The topological polar surface area (TPSA) is 177 Å². The number of carbonyl (C=O) groups is 2. The monoisotopic (exact) mass is 603 g/mol. The Morgan fingerprint density at radius 3 is 1.75 bits per heavy atom. The van der Waals surface area contributed by atoms with Gasteiger partial charge in [-0.25, -0.2) is 0 Å². The first-order valence-corrected chi connectivity index (χ1v) is 14.4. The van der Waals surface area contributed by atoms with E-state index in [1.165, 1.54) is 0 Å². The molecule has 4 rings (SSSR count). The van der Waals surface area contributed by atoms with Crippen LogP contribution in [0.1, 0.15) is 60.5 Å². The van der Waals surface area contributed by atoms with Crippen LogP contribution in [-0.4, -0.2) is 58.6 Å². The summed E-state index contributed by atoms with van der Waals surface area (Å²) in [6.45, 7) is 3.39. The van der Waals surface area contributed by atoms with Crippen molar-refractivity contribution >= 4 is 23.5 Å². The number of rotatable bonds is 12. The number of nitrogens with one attached hydrogen (secondary N) is 4. The molecule has 6 N–H and O–H groups in total. The van der Waals surface area contributed by atoms with E-state index in [1.807, 2.05) is 4.90 Å². The third-order valence-corrected chi connectivity index (χ3v) is 7.31. The number of esters is 1. The highest BCUT2D eigenvalue weighted by atomic mass is 16.5. The summed E-state index contributed by atoms with van der Waals surface area (Å²) in [5, 5.41) is 33.4. The fourth-order valence-corrected chi connectivity index (χ4v) is 4.97. The van der Waals surface area contributed by atoms with Crippen LogP contribution in [0.25, 0.3) is 0 Å². The minimum Gasteiger partial charge on any atom is -0.466 e. The first-order valence-electron chi connectivity index (χ1n) is 14.4. The maximum absolute atomic E-state index is 13.6. The van der Waals surface area contributed by atoms with Gasteiger partial charge in [0, 0.05) is 42.3 Å². The summed E-state index contributed by atoms with van der Waals surface area (Å²) >= 11 is 0. The maximum Gasteiger partial charge on any atom is 0.305 e. The number of benzene rings is 3. The van der Waals surface area contributed by atoms with Gasteiger partial charge in [-0.3, -0.25) is 41.8 Å². The van der Waals surface area contributed by atoms with Crippen molar-refractivity contribution in [3.05, 3.63) is 83.4 Å². The van der Waals surface area contributed by atoms with E-state index in [9.17, 15) is 9.59 Å². The summed E-state index contributed by atoms with van der Waals surface area (Å²) in [6.07, 6.45) is 3.80. The molecule has 0 aromatic heterocycles. The van der Waals surface area contributed by atoms with Crippen molar-refractivity contribution in [2.45, 2.75) is 39.0 Å². The van der Waals surface area contributed by atoms with Gasteiger partial charge in [0.25, 0.3) is 5.91 Å². The van der Waals surface area contributed by atoms with Gasteiger partial charge in [-0.2, -0.15) is 0 Å². The number of amidine groups is 2. The average Bonchev–Trinajstić information content (AvgIpc) is 3.04. The molecule has 1 aliphatic rings. The highest BCUT2D eigenvalue weighted by Gasteiger charge is 2.25. The van der Waals surface area contributed by atoms with Crippen molar-refractivity contribution in [1.29, 1.82) is 10.8 Å². The fraction of sp³-hybridized carbons (Fsp3) is 0.312. The third-order valence-electron chi connectivity index (χ3n) is 7.31. The van der Waals surface area contributed by atoms with Gasteiger partial charge in [0.2, 0.25) is 0 Å². The van der Waals surface area contributed by atoms with Crippen molar-refractivity contribution in [3.8, 4) is 23.0 Å². The molecule has 0 atom stereocenters. The van der Waals surface area contributed by atoms with E-state index >= 15 is 0 Å². The van der Waals surface area contributed by atoms with Crippen LogP contribution in [0.5, 0.6) is 23.0 Å². The zero-order valence-electron chi connectivity index (χ0n) is 24.5. The van der Waals surface area contributed by atoms with Crippen LogP contribution in [0, 0.1) is 16.7 Å². The van der Waals surface area contributed by atoms with Gasteiger partial charge >= 0.3 is 5.97 Å². The molecule has 1 amide bonds. The molecule has 0 unspecified atom stereocenters. The number of hydroxylamine groups is 2. The lowest BCUT2D eigenvalue weighted by molar-refractivity contribution is -0.143. The van der Waals surface area contributed by atoms with Crippen molar-refractivity contribution < 1.29 is 34.2 Å². The van der Waals surface area contributed by atoms with Crippen molar-refractivity contribution in [2.24, 2.45) is 5.92 Å². The summed E-state index contributed by atoms with van der Waals surface area (Å²) in [5.41, 5.74) is 4.93. The highest BCUT2D eigenvalue weighted by Crippen LogP contribution is 2.32. The number of hydrogen-bond acceptors (Lipinski definition) is 9. The molecular formula is C32H37N5O7. The minimum absolute atomic E-state index is 0.152. The molecule has 1 fully saturated rings. The summed E-state index contributed by atoms with van der Waals surface area (Å²) in [6, 6.07) is 18.0. The van der Waals surface area contributed by atoms with Gasteiger partial charge in [0.1, 0.15) is 34.7 Å². The molecule has 1 saturated heterocycles. The number of ether oxygens (including phenoxy) is 3. The van der Waals surface area contributed by atoms with E-state index in [4.69, 9.17) is 35.4 Å². The zero-order chi connectivity index (χ0) is 31.5. The first-order chi connectivity index (χ1) is 21.3. The summed E-state index contributed by atoms with van der Waals surface area (Å²) in [4.78, 5) is 27.1. The smallest absolute Gasteiger partial charge is 0.305 e. The minimum atomic E-state index is -0.171. The van der Waals surface area contributed by atoms with Gasteiger partial charge in [-0.1, -0.05) is 0 Å². The summed E-state index contributed by atoms with van der Waals surface area (Å²) in [5.74, 6) is 1.46. The predicted octanol–water partition coefficient (Wildman–Crippen LogP) is 5.47. The Labute approximate surface area is 255 Å². The second-order valence-corrected chi connectivity index (χ2v) is 10.4. The Morgan fingerprint density at radius 2 is 1.30 bits per heavy atom. The molecule has 3 aromatic rings. The second kappa shape index (κ2) is 15.5. The lowest BCUT2D eigenvalue weighted by Gasteiger charge is -2.32. The van der Waals surface area contributed by atoms with Gasteiger partial charge in [0.05, 0.1) is 6.61 Å². The molecule has 0 radical (unpaired) electrons. The van der Waals surface area contributed by atoms with Crippen molar-refractivity contribution in [2.75, 3.05) is 19.7 Å². The molecule has 0 spiro atoms. The average molecular weight is 604 g/mol. The van der Waals surface area contributed by atoms with Gasteiger partial charge in [0.15, 0.2) is 0 Å². The number of amides is 1. The van der Waals surface area contributed by atoms with Crippen LogP contribution in [0.3, 0.4) is 0 Å². The van der Waals surface area contributed by atoms with Gasteiger partial charge in [-0.05, 0) is 99.2 Å². The van der Waals surface area contributed by atoms with E-state index in [0.717, 1.165) is 25.7 Å². The number of carbonyl (C=O) groups excluding carboxylic acids is 2. The number of likely N-dealkylation sites (tertiary alicyclic amines) is 1. The lowest BCUT2D eigenvalue weighted by atomic mass is 9.91. The Balaban J connectivity index is 1.49. The molecular weight excluding hydrogens is 566 g/mol. The molecule has 1 aliphatic heterocycles. The normalized spacial score (nSPS) is 13.1. The van der Waals surface area contributed by atoms with E-state index < -0.39 is 0 Å². The number of piperidine rings is 1. The van der Waals surface area contributed by atoms with E-state index in [0.29, 0.717) is 71.7 Å². The highest BCUT2D eigenvalue weighted by molar-refractivity contribution is 5.96. The van der Waals surface area contributed by atoms with Gasteiger partial charge in [-0.15, -0.1) is 0 Å². The van der Waals surface area contributed by atoms with Gasteiger partial charge < -0.3 is 19.1 Å². The van der Waals surface area contributed by atoms with Crippen molar-refractivity contribution in [3.63, 3.8) is 0 Å². The molecule has 0 aliphatic carbocycles. The van der Waals surface area contributed by atoms with E-state index in [1.54, 1.807) is 84.6 Å². The van der Waals surface area contributed by atoms with Crippen LogP contribution in [-0.2, 0) is 9.53 Å². The van der Waals surface area contributed by atoms with E-state index in [2.05, 4.69) is 0 Å². The Bertz CT molecular complexity index is 1370. The molecule has 1 heterocycles. The molecule has 12 heteroatoms. The second-order valence-electron chi connectivity index (χ2n) is 10.4. The molecule has 0 saturated carbocycles. The Hall–Kier alpha value is -4.94. The maximum atomic E-state index is 13.6. The first kappa shape index (κ1) is 32.0. The third kappa shape index (κ3) is 8.79. The van der Waals surface area contributed by atoms with E-state index in [-0.39, 0.29) is 23.5 Å². The SMILES string of the molecule is CCOC(=O)CCCC1CCN(C(=O)c2cc(Oc3ccc(C(=N)NO)cc3)cc(Oc3ccc(C(=N)NO)cc3)c2)CC1. The quantitative estimate of drug-likeness (QED) is 0.0678.